The zero-order chi connectivity index (χ0) is 21.4. The molecule has 0 aromatic heterocycles. The molecule has 0 heterocycles. The van der Waals surface area contributed by atoms with Gasteiger partial charge in [-0.3, -0.25) is 19.5 Å². The maximum absolute atomic E-state index is 12.0. The van der Waals surface area contributed by atoms with E-state index < -0.39 is 21.3 Å². The number of benzene rings is 2. The van der Waals surface area contributed by atoms with Crippen LogP contribution in [0.3, 0.4) is 0 Å². The summed E-state index contributed by atoms with van der Waals surface area (Å²) in [6, 6.07) is 9.24. The molecule has 0 aliphatic rings. The Morgan fingerprint density at radius 3 is 2.48 bits per heavy atom. The first kappa shape index (κ1) is 21.7. The van der Waals surface area contributed by atoms with Gasteiger partial charge in [-0.2, -0.15) is 8.42 Å². The van der Waals surface area contributed by atoms with Crippen LogP contribution in [0.2, 0.25) is 0 Å². The predicted molar refractivity (Wildman–Crippen MR) is 99.5 cm³/mol. The molecule has 1 N–H and O–H groups in total. The minimum atomic E-state index is -4.72. The number of nitro groups is 1. The Morgan fingerprint density at radius 1 is 1.21 bits per heavy atom. The standard InChI is InChI=1S/C18H15NO9S/c1-2-9-26-17-11-16(28-29(23,24)25)8-5-14(17)12-27-18(20)10-13-3-6-15(7-4-13)19(21)22/h1,3-8,11H,9-10,12H2,(H,23,24,25). The van der Waals surface area contributed by atoms with Crippen LogP contribution >= 0.6 is 0 Å². The highest BCUT2D eigenvalue weighted by molar-refractivity contribution is 7.81. The summed E-state index contributed by atoms with van der Waals surface area (Å²) < 4.78 is 45.2. The Balaban J connectivity index is 2.04. The van der Waals surface area contributed by atoms with Crippen molar-refractivity contribution in [1.82, 2.24) is 0 Å². The summed E-state index contributed by atoms with van der Waals surface area (Å²) in [4.78, 5) is 22.1. The Hall–Kier alpha value is -3.62. The van der Waals surface area contributed by atoms with Crippen LogP contribution in [0.15, 0.2) is 42.5 Å². The molecule has 0 aliphatic heterocycles. The summed E-state index contributed by atoms with van der Waals surface area (Å²) in [5, 5.41) is 10.6. The van der Waals surface area contributed by atoms with E-state index in [9.17, 15) is 23.3 Å². The van der Waals surface area contributed by atoms with Gasteiger partial charge in [-0.1, -0.05) is 18.1 Å². The number of nitro benzene ring substituents is 1. The molecular weight excluding hydrogens is 406 g/mol. The van der Waals surface area contributed by atoms with E-state index in [-0.39, 0.29) is 36.8 Å². The van der Waals surface area contributed by atoms with Crippen LogP contribution in [0.4, 0.5) is 5.69 Å². The van der Waals surface area contributed by atoms with Gasteiger partial charge in [-0.15, -0.1) is 6.42 Å². The Kier molecular flexibility index (Phi) is 7.13. The summed E-state index contributed by atoms with van der Waals surface area (Å²) in [5.41, 5.74) is 0.811. The summed E-state index contributed by atoms with van der Waals surface area (Å²) in [6.07, 6.45) is 5.03. The molecule has 11 heteroatoms. The fraction of sp³-hybridized carbons (Fsp3) is 0.167. The van der Waals surface area contributed by atoms with Crippen molar-refractivity contribution in [3.63, 3.8) is 0 Å². The number of terminal acetylenes is 1. The molecule has 0 radical (unpaired) electrons. The van der Waals surface area contributed by atoms with Gasteiger partial charge in [-0.25, -0.2) is 0 Å². The van der Waals surface area contributed by atoms with Crippen LogP contribution in [0.1, 0.15) is 11.1 Å². The van der Waals surface area contributed by atoms with Crippen LogP contribution < -0.4 is 8.92 Å². The lowest BCUT2D eigenvalue weighted by Crippen LogP contribution is -2.10. The lowest BCUT2D eigenvalue weighted by molar-refractivity contribution is -0.384. The van der Waals surface area contributed by atoms with Crippen molar-refractivity contribution in [1.29, 1.82) is 0 Å². The molecule has 0 saturated carbocycles. The maximum atomic E-state index is 12.0. The maximum Gasteiger partial charge on any atom is 0.446 e. The van der Waals surface area contributed by atoms with Crippen molar-refractivity contribution in [2.75, 3.05) is 6.61 Å². The molecule has 0 atom stereocenters. The number of carbonyl (C=O) groups is 1. The number of carbonyl (C=O) groups excluding carboxylic acids is 1. The average molecular weight is 421 g/mol. The van der Waals surface area contributed by atoms with Gasteiger partial charge in [0, 0.05) is 23.8 Å². The van der Waals surface area contributed by atoms with Crippen molar-refractivity contribution in [2.24, 2.45) is 0 Å². The molecule has 2 aromatic rings. The highest BCUT2D eigenvalue weighted by Gasteiger charge is 2.14. The zero-order valence-electron chi connectivity index (χ0n) is 14.8. The molecule has 0 amide bonds. The molecule has 2 rings (SSSR count). The van der Waals surface area contributed by atoms with E-state index in [2.05, 4.69) is 10.1 Å². The van der Waals surface area contributed by atoms with E-state index in [1.54, 1.807) is 0 Å². The summed E-state index contributed by atoms with van der Waals surface area (Å²) in [6.45, 7) is -0.350. The molecule has 2 aromatic carbocycles. The molecule has 152 valence electrons. The molecule has 29 heavy (non-hydrogen) atoms. The highest BCUT2D eigenvalue weighted by atomic mass is 32.3. The quantitative estimate of drug-likeness (QED) is 0.212. The fourth-order valence-corrected chi connectivity index (χ4v) is 2.54. The molecule has 0 fully saturated rings. The number of esters is 1. The van der Waals surface area contributed by atoms with Crippen molar-refractivity contribution in [3.05, 3.63) is 63.7 Å². The van der Waals surface area contributed by atoms with Crippen molar-refractivity contribution >= 4 is 22.1 Å². The summed E-state index contributed by atoms with van der Waals surface area (Å²) in [7, 11) is -4.72. The van der Waals surface area contributed by atoms with Crippen LogP contribution in [-0.4, -0.2) is 30.5 Å². The van der Waals surface area contributed by atoms with Gasteiger partial charge in [0.2, 0.25) is 0 Å². The number of hydrogen-bond donors (Lipinski definition) is 1. The normalized spacial score (nSPS) is 10.6. The molecular formula is C18H15NO9S. The van der Waals surface area contributed by atoms with Gasteiger partial charge >= 0.3 is 16.4 Å². The van der Waals surface area contributed by atoms with E-state index in [0.29, 0.717) is 11.1 Å². The van der Waals surface area contributed by atoms with E-state index in [4.69, 9.17) is 20.4 Å². The lowest BCUT2D eigenvalue weighted by Gasteiger charge is -2.12. The van der Waals surface area contributed by atoms with E-state index in [0.717, 1.165) is 0 Å². The van der Waals surface area contributed by atoms with Gasteiger partial charge in [0.1, 0.15) is 24.7 Å². The number of hydrogen-bond acceptors (Lipinski definition) is 8. The second-order valence-electron chi connectivity index (χ2n) is 5.53. The third-order valence-electron chi connectivity index (χ3n) is 3.44. The number of ether oxygens (including phenoxy) is 2. The SMILES string of the molecule is C#CCOc1cc(OS(=O)(=O)O)ccc1COC(=O)Cc1ccc([N+](=O)[O-])cc1. The Labute approximate surface area is 166 Å². The number of nitrogens with zero attached hydrogens (tertiary/aromatic N) is 1. The van der Waals surface area contributed by atoms with Gasteiger partial charge in [-0.05, 0) is 17.7 Å². The largest absolute Gasteiger partial charge is 0.480 e. The average Bonchev–Trinajstić information content (AvgIpc) is 2.64. The Bertz CT molecular complexity index is 1040. The molecule has 0 bridgehead atoms. The number of rotatable bonds is 9. The second-order valence-corrected chi connectivity index (χ2v) is 6.56. The topological polar surface area (TPSA) is 142 Å². The van der Waals surface area contributed by atoms with Gasteiger partial charge in [0.25, 0.3) is 5.69 Å². The molecule has 10 nitrogen and oxygen atoms in total. The first-order chi connectivity index (χ1) is 13.7. The summed E-state index contributed by atoms with van der Waals surface area (Å²) in [5.74, 6) is 1.52. The summed E-state index contributed by atoms with van der Waals surface area (Å²) >= 11 is 0. The minimum Gasteiger partial charge on any atom is -0.480 e. The third-order valence-corrected chi connectivity index (χ3v) is 3.84. The van der Waals surface area contributed by atoms with Crippen molar-refractivity contribution in [2.45, 2.75) is 13.0 Å². The van der Waals surface area contributed by atoms with E-state index in [1.807, 2.05) is 0 Å². The fourth-order valence-electron chi connectivity index (χ4n) is 2.19. The molecule has 0 saturated heterocycles. The van der Waals surface area contributed by atoms with E-state index in [1.165, 1.54) is 42.5 Å². The van der Waals surface area contributed by atoms with Crippen LogP contribution in [0, 0.1) is 22.5 Å². The second kappa shape index (κ2) is 9.54. The van der Waals surface area contributed by atoms with Gasteiger partial charge < -0.3 is 13.7 Å². The van der Waals surface area contributed by atoms with Crippen molar-refractivity contribution in [3.8, 4) is 23.8 Å². The number of non-ortho nitro benzene ring substituents is 1. The van der Waals surface area contributed by atoms with Crippen LogP contribution in [-0.2, 0) is 33.0 Å². The minimum absolute atomic E-state index is 0.0929. The zero-order valence-corrected chi connectivity index (χ0v) is 15.6. The molecule has 0 unspecified atom stereocenters. The van der Waals surface area contributed by atoms with E-state index >= 15 is 0 Å². The third kappa shape index (κ3) is 7.13. The first-order valence-corrected chi connectivity index (χ1v) is 9.29. The molecule has 0 spiro atoms. The van der Waals surface area contributed by atoms with Crippen LogP contribution in [0.5, 0.6) is 11.5 Å². The monoisotopic (exact) mass is 421 g/mol. The first-order valence-electron chi connectivity index (χ1n) is 7.93. The Morgan fingerprint density at radius 2 is 1.90 bits per heavy atom. The van der Waals surface area contributed by atoms with Crippen molar-refractivity contribution < 1.29 is 36.3 Å². The highest BCUT2D eigenvalue weighted by Crippen LogP contribution is 2.26. The predicted octanol–water partition coefficient (Wildman–Crippen LogP) is 2.07. The smallest absolute Gasteiger partial charge is 0.446 e. The van der Waals surface area contributed by atoms with Gasteiger partial charge in [0.15, 0.2) is 0 Å². The molecule has 0 aliphatic carbocycles. The lowest BCUT2D eigenvalue weighted by atomic mass is 10.1. The van der Waals surface area contributed by atoms with Gasteiger partial charge in [0.05, 0.1) is 11.3 Å². The van der Waals surface area contributed by atoms with Crippen LogP contribution in [0.25, 0.3) is 0 Å².